The second-order valence-electron chi connectivity index (χ2n) is 7.22. The third-order valence-electron chi connectivity index (χ3n) is 5.03. The quantitative estimate of drug-likeness (QED) is 0.340. The molecule has 1 saturated heterocycles. The predicted octanol–water partition coefficient (Wildman–Crippen LogP) is -5.62. The average molecular weight is 373 g/mol. The van der Waals surface area contributed by atoms with Crippen LogP contribution in [0.2, 0.25) is 0 Å². The molecule has 1 heterocycles. The Morgan fingerprint density at radius 3 is 2.09 bits per heavy atom. The van der Waals surface area contributed by atoms with Crippen molar-refractivity contribution in [2.75, 3.05) is 27.2 Å². The van der Waals surface area contributed by atoms with Crippen LogP contribution in [-0.2, 0) is 9.59 Å². The SMILES string of the molecule is CCC(CC(CC1C[N+](C)(C)CC1CC)C(N)=O)C(=O)[O-].[Cl-].[K+]. The number of amides is 1. The van der Waals surface area contributed by atoms with E-state index in [1.165, 1.54) is 0 Å². The summed E-state index contributed by atoms with van der Waals surface area (Å²) in [6, 6.07) is 0. The van der Waals surface area contributed by atoms with Crippen LogP contribution in [0.1, 0.15) is 39.5 Å². The number of quaternary nitrogens is 1. The minimum Gasteiger partial charge on any atom is -1.00 e. The topological polar surface area (TPSA) is 83.2 Å². The second kappa shape index (κ2) is 11.4. The van der Waals surface area contributed by atoms with E-state index in [2.05, 4.69) is 21.0 Å². The Morgan fingerprint density at radius 1 is 1.17 bits per heavy atom. The van der Waals surface area contributed by atoms with Gasteiger partial charge in [-0.3, -0.25) is 4.79 Å². The van der Waals surface area contributed by atoms with Gasteiger partial charge in [0.05, 0.1) is 27.2 Å². The van der Waals surface area contributed by atoms with Crippen molar-refractivity contribution in [1.29, 1.82) is 0 Å². The molecule has 7 heteroatoms. The number of carbonyl (C=O) groups is 2. The standard InChI is InChI=1S/C16H30N2O3.ClH.K/c1-5-11(16(20)21)7-13(15(17)19)8-14-10-18(3,4)9-12(14)6-2;;/h11-14H,5-10H2,1-4H3,(H2-,17,19,20,21);1H;/q;;+1/p-1. The summed E-state index contributed by atoms with van der Waals surface area (Å²) in [7, 11) is 4.41. The molecule has 1 aliphatic heterocycles. The van der Waals surface area contributed by atoms with Crippen LogP contribution in [-0.4, -0.2) is 43.5 Å². The Bertz CT molecular complexity index is 394. The molecule has 0 bridgehead atoms. The number of halogens is 1. The number of carboxylic acids is 1. The van der Waals surface area contributed by atoms with E-state index in [0.29, 0.717) is 31.1 Å². The molecule has 1 fully saturated rings. The molecular weight excluding hydrogens is 343 g/mol. The van der Waals surface area contributed by atoms with Crippen LogP contribution < -0.4 is 74.6 Å². The van der Waals surface area contributed by atoms with Crippen molar-refractivity contribution >= 4 is 11.9 Å². The number of carbonyl (C=O) groups excluding carboxylic acids is 2. The van der Waals surface area contributed by atoms with E-state index in [1.54, 1.807) is 0 Å². The molecule has 0 radical (unpaired) electrons. The number of aliphatic carboxylic acids is 1. The maximum Gasteiger partial charge on any atom is 1.00 e. The molecule has 0 aliphatic carbocycles. The first-order valence-electron chi connectivity index (χ1n) is 8.02. The Balaban J connectivity index is 0. The summed E-state index contributed by atoms with van der Waals surface area (Å²) in [4.78, 5) is 22.8. The van der Waals surface area contributed by atoms with Gasteiger partial charge < -0.3 is 32.5 Å². The van der Waals surface area contributed by atoms with E-state index in [1.807, 2.05) is 6.92 Å². The van der Waals surface area contributed by atoms with Crippen molar-refractivity contribution in [2.24, 2.45) is 29.4 Å². The van der Waals surface area contributed by atoms with Crippen LogP contribution in [0.5, 0.6) is 0 Å². The van der Waals surface area contributed by atoms with Gasteiger partial charge in [-0.25, -0.2) is 0 Å². The van der Waals surface area contributed by atoms with Crippen LogP contribution in [0.15, 0.2) is 0 Å². The van der Waals surface area contributed by atoms with Crippen molar-refractivity contribution < 1.29 is 83.0 Å². The Hall–Kier alpha value is 0.826. The predicted molar refractivity (Wildman–Crippen MR) is 79.8 cm³/mol. The van der Waals surface area contributed by atoms with E-state index in [4.69, 9.17) is 5.73 Å². The summed E-state index contributed by atoms with van der Waals surface area (Å²) >= 11 is 0. The minimum absolute atomic E-state index is 0. The van der Waals surface area contributed by atoms with Crippen LogP contribution in [0.25, 0.3) is 0 Å². The van der Waals surface area contributed by atoms with E-state index in [9.17, 15) is 14.7 Å². The molecule has 0 saturated carbocycles. The number of hydrogen-bond acceptors (Lipinski definition) is 3. The average Bonchev–Trinajstić information content (AvgIpc) is 2.67. The second-order valence-corrected chi connectivity index (χ2v) is 7.22. The van der Waals surface area contributed by atoms with Gasteiger partial charge in [0.2, 0.25) is 5.91 Å². The Morgan fingerprint density at radius 2 is 1.70 bits per heavy atom. The van der Waals surface area contributed by atoms with Gasteiger partial charge in [-0.15, -0.1) is 0 Å². The molecule has 0 aromatic carbocycles. The van der Waals surface area contributed by atoms with Crippen molar-refractivity contribution in [3.8, 4) is 0 Å². The molecule has 4 atom stereocenters. The van der Waals surface area contributed by atoms with Crippen molar-refractivity contribution in [1.82, 2.24) is 0 Å². The molecule has 2 N–H and O–H groups in total. The van der Waals surface area contributed by atoms with Crippen molar-refractivity contribution in [3.63, 3.8) is 0 Å². The number of hydrogen-bond donors (Lipinski definition) is 1. The monoisotopic (exact) mass is 372 g/mol. The number of primary amides is 1. The van der Waals surface area contributed by atoms with E-state index in [0.717, 1.165) is 24.0 Å². The summed E-state index contributed by atoms with van der Waals surface area (Å²) in [5.41, 5.74) is 5.52. The van der Waals surface area contributed by atoms with Gasteiger partial charge in [0, 0.05) is 23.7 Å². The zero-order valence-electron chi connectivity index (χ0n) is 15.2. The summed E-state index contributed by atoms with van der Waals surface area (Å²) in [6.45, 7) is 6.13. The van der Waals surface area contributed by atoms with Gasteiger partial charge >= 0.3 is 51.4 Å². The Kier molecular flexibility index (Phi) is 13.0. The van der Waals surface area contributed by atoms with Gasteiger partial charge in [-0.05, 0) is 31.6 Å². The van der Waals surface area contributed by atoms with Gasteiger partial charge in [-0.2, -0.15) is 0 Å². The van der Waals surface area contributed by atoms with E-state index < -0.39 is 11.9 Å². The zero-order chi connectivity index (χ0) is 16.2. The maximum atomic E-state index is 11.7. The Labute approximate surface area is 189 Å². The number of carboxylic acid groups (broad SMARTS) is 1. The largest absolute Gasteiger partial charge is 1.00 e. The first-order chi connectivity index (χ1) is 9.70. The number of rotatable bonds is 8. The molecule has 1 rings (SSSR count). The number of nitrogens with zero attached hydrogens (tertiary/aromatic N) is 1. The normalized spacial score (nSPS) is 24.9. The molecule has 23 heavy (non-hydrogen) atoms. The molecule has 1 aliphatic rings. The van der Waals surface area contributed by atoms with Crippen LogP contribution in [0, 0.1) is 23.7 Å². The molecule has 0 aromatic heterocycles. The number of nitrogens with two attached hydrogens (primary N) is 1. The fourth-order valence-electron chi connectivity index (χ4n) is 3.84. The van der Waals surface area contributed by atoms with E-state index in [-0.39, 0.29) is 75.6 Å². The van der Waals surface area contributed by atoms with Crippen LogP contribution >= 0.6 is 0 Å². The molecule has 0 spiro atoms. The fourth-order valence-corrected chi connectivity index (χ4v) is 3.84. The third-order valence-corrected chi connectivity index (χ3v) is 5.03. The van der Waals surface area contributed by atoms with Crippen molar-refractivity contribution in [2.45, 2.75) is 39.5 Å². The van der Waals surface area contributed by atoms with Crippen molar-refractivity contribution in [3.05, 3.63) is 0 Å². The third kappa shape index (κ3) is 8.16. The van der Waals surface area contributed by atoms with Gasteiger partial charge in [-0.1, -0.05) is 13.8 Å². The van der Waals surface area contributed by atoms with Gasteiger partial charge in [0.15, 0.2) is 0 Å². The maximum absolute atomic E-state index is 11.7. The summed E-state index contributed by atoms with van der Waals surface area (Å²) in [5.74, 6) is -1.34. The first-order valence-corrected chi connectivity index (χ1v) is 8.02. The molecular formula is C16H30ClKN2O3. The first kappa shape index (κ1) is 26.1. The molecule has 130 valence electrons. The molecule has 4 unspecified atom stereocenters. The minimum atomic E-state index is -1.07. The van der Waals surface area contributed by atoms with Gasteiger partial charge in [0.25, 0.3) is 0 Å². The van der Waals surface area contributed by atoms with E-state index >= 15 is 0 Å². The van der Waals surface area contributed by atoms with Gasteiger partial charge in [0.1, 0.15) is 0 Å². The zero-order valence-corrected chi connectivity index (χ0v) is 19.1. The number of likely N-dealkylation sites (tertiary alicyclic amines) is 1. The molecule has 0 aromatic rings. The summed E-state index contributed by atoms with van der Waals surface area (Å²) in [5, 5.41) is 11.1. The van der Waals surface area contributed by atoms with Crippen LogP contribution in [0.3, 0.4) is 0 Å². The molecule has 1 amide bonds. The molecule has 5 nitrogen and oxygen atoms in total. The smallest absolute Gasteiger partial charge is 1.00 e. The van der Waals surface area contributed by atoms with Crippen LogP contribution in [0.4, 0.5) is 0 Å². The fraction of sp³-hybridized carbons (Fsp3) is 0.875. The summed E-state index contributed by atoms with van der Waals surface area (Å²) < 4.78 is 0.965. The summed E-state index contributed by atoms with van der Waals surface area (Å²) in [6.07, 6.45) is 2.60.